The number of phenols is 1. The number of rotatable bonds is 6. The van der Waals surface area contributed by atoms with Crippen LogP contribution in [0, 0.1) is 0 Å². The summed E-state index contributed by atoms with van der Waals surface area (Å²) in [5, 5.41) is 9.52. The molecule has 0 saturated heterocycles. The molecule has 0 unspecified atom stereocenters. The third kappa shape index (κ3) is 4.49. The van der Waals surface area contributed by atoms with E-state index in [4.69, 9.17) is 4.74 Å². The van der Waals surface area contributed by atoms with E-state index in [0.717, 1.165) is 11.1 Å². The second kappa shape index (κ2) is 7.29. The largest absolute Gasteiger partial charge is 0.504 e. The lowest BCUT2D eigenvalue weighted by molar-refractivity contribution is -0.114. The molecular formula is C18H18O3. The van der Waals surface area contributed by atoms with E-state index in [1.807, 2.05) is 36.4 Å². The molecular weight excluding hydrogens is 264 g/mol. The topological polar surface area (TPSA) is 46.5 Å². The first-order chi connectivity index (χ1) is 10.2. The van der Waals surface area contributed by atoms with Gasteiger partial charge in [-0.25, -0.2) is 0 Å². The van der Waals surface area contributed by atoms with Gasteiger partial charge in [0, 0.05) is 6.42 Å². The number of carbonyl (C=O) groups is 1. The van der Waals surface area contributed by atoms with E-state index >= 15 is 0 Å². The quantitative estimate of drug-likeness (QED) is 0.823. The minimum absolute atomic E-state index is 0.0749. The number of allylic oxidation sites excluding steroid dienone is 1. The molecule has 3 nitrogen and oxygen atoms in total. The predicted octanol–water partition coefficient (Wildman–Crippen LogP) is 3.62. The Morgan fingerprint density at radius 3 is 2.67 bits per heavy atom. The summed E-state index contributed by atoms with van der Waals surface area (Å²) in [7, 11) is 1.51. The molecule has 0 radical (unpaired) electrons. The van der Waals surface area contributed by atoms with Crippen LogP contribution in [0.4, 0.5) is 0 Å². The third-order valence-electron chi connectivity index (χ3n) is 3.17. The van der Waals surface area contributed by atoms with Gasteiger partial charge < -0.3 is 9.84 Å². The SMILES string of the molecule is COc1cc(CCC(=O)/C=C/c2ccccc2)ccc1O. The molecule has 0 aromatic heterocycles. The molecule has 0 aliphatic carbocycles. The van der Waals surface area contributed by atoms with Crippen LogP contribution in [0.15, 0.2) is 54.6 Å². The van der Waals surface area contributed by atoms with Crippen molar-refractivity contribution in [2.75, 3.05) is 7.11 Å². The maximum Gasteiger partial charge on any atom is 0.160 e. The molecule has 3 heteroatoms. The molecule has 108 valence electrons. The Hall–Kier alpha value is -2.55. The van der Waals surface area contributed by atoms with Crippen molar-refractivity contribution in [1.82, 2.24) is 0 Å². The number of ketones is 1. The van der Waals surface area contributed by atoms with Crippen LogP contribution >= 0.6 is 0 Å². The van der Waals surface area contributed by atoms with Crippen molar-refractivity contribution in [2.45, 2.75) is 12.8 Å². The molecule has 0 amide bonds. The molecule has 0 atom stereocenters. The lowest BCUT2D eigenvalue weighted by Gasteiger charge is -2.05. The van der Waals surface area contributed by atoms with Gasteiger partial charge >= 0.3 is 0 Å². The van der Waals surface area contributed by atoms with Crippen LogP contribution in [-0.4, -0.2) is 18.0 Å². The summed E-state index contributed by atoms with van der Waals surface area (Å²) in [6.07, 6.45) is 4.47. The summed E-state index contributed by atoms with van der Waals surface area (Å²) in [6, 6.07) is 14.9. The highest BCUT2D eigenvalue weighted by atomic mass is 16.5. The molecule has 0 spiro atoms. The van der Waals surface area contributed by atoms with Crippen molar-refractivity contribution >= 4 is 11.9 Å². The second-order valence-corrected chi connectivity index (χ2v) is 4.72. The molecule has 1 N–H and O–H groups in total. The Kier molecular flexibility index (Phi) is 5.16. The van der Waals surface area contributed by atoms with E-state index in [2.05, 4.69) is 0 Å². The summed E-state index contributed by atoms with van der Waals surface area (Å²) < 4.78 is 5.05. The number of hydrogen-bond donors (Lipinski definition) is 1. The van der Waals surface area contributed by atoms with E-state index < -0.39 is 0 Å². The van der Waals surface area contributed by atoms with Crippen molar-refractivity contribution in [3.8, 4) is 11.5 Å². The van der Waals surface area contributed by atoms with Gasteiger partial charge in [-0.1, -0.05) is 42.5 Å². The number of benzene rings is 2. The van der Waals surface area contributed by atoms with Crippen molar-refractivity contribution in [3.05, 3.63) is 65.7 Å². The zero-order valence-corrected chi connectivity index (χ0v) is 12.0. The van der Waals surface area contributed by atoms with E-state index in [1.165, 1.54) is 7.11 Å². The van der Waals surface area contributed by atoms with Crippen molar-refractivity contribution in [1.29, 1.82) is 0 Å². The molecule has 0 aliphatic rings. The van der Waals surface area contributed by atoms with Crippen LogP contribution in [0.5, 0.6) is 11.5 Å². The first-order valence-corrected chi connectivity index (χ1v) is 6.81. The summed E-state index contributed by atoms with van der Waals surface area (Å²) in [6.45, 7) is 0. The molecule has 2 aromatic rings. The first-order valence-electron chi connectivity index (χ1n) is 6.81. The molecule has 2 rings (SSSR count). The summed E-state index contributed by atoms with van der Waals surface area (Å²) >= 11 is 0. The van der Waals surface area contributed by atoms with Gasteiger partial charge in [-0.15, -0.1) is 0 Å². The van der Waals surface area contributed by atoms with E-state index in [-0.39, 0.29) is 11.5 Å². The highest BCUT2D eigenvalue weighted by molar-refractivity contribution is 5.93. The summed E-state index contributed by atoms with van der Waals surface area (Å²) in [5.74, 6) is 0.613. The van der Waals surface area contributed by atoms with Gasteiger partial charge in [0.15, 0.2) is 17.3 Å². The fourth-order valence-corrected chi connectivity index (χ4v) is 1.98. The van der Waals surface area contributed by atoms with Gasteiger partial charge in [-0.2, -0.15) is 0 Å². The Balaban J connectivity index is 1.91. The molecule has 2 aromatic carbocycles. The Morgan fingerprint density at radius 1 is 1.19 bits per heavy atom. The summed E-state index contributed by atoms with van der Waals surface area (Å²) in [5.41, 5.74) is 1.98. The lowest BCUT2D eigenvalue weighted by atomic mass is 10.1. The highest BCUT2D eigenvalue weighted by Gasteiger charge is 2.04. The number of aromatic hydroxyl groups is 1. The van der Waals surface area contributed by atoms with Gasteiger partial charge in [0.25, 0.3) is 0 Å². The van der Waals surface area contributed by atoms with Crippen molar-refractivity contribution in [3.63, 3.8) is 0 Å². The zero-order chi connectivity index (χ0) is 15.1. The van der Waals surface area contributed by atoms with Gasteiger partial charge in [0.1, 0.15) is 0 Å². The van der Waals surface area contributed by atoms with Crippen molar-refractivity contribution in [2.24, 2.45) is 0 Å². The molecule has 0 aliphatic heterocycles. The standard InChI is InChI=1S/C18H18O3/c1-21-18-13-15(9-12-17(18)20)8-11-16(19)10-7-14-5-3-2-4-6-14/h2-7,9-10,12-13,20H,8,11H2,1H3/b10-7+. The minimum atomic E-state index is 0.0749. The Bertz CT molecular complexity index is 630. The van der Waals surface area contributed by atoms with Crippen molar-refractivity contribution < 1.29 is 14.6 Å². The number of carbonyl (C=O) groups excluding carboxylic acids is 1. The first kappa shape index (κ1) is 14.9. The van der Waals surface area contributed by atoms with E-state index in [1.54, 1.807) is 24.3 Å². The number of methoxy groups -OCH3 is 1. The number of phenolic OH excluding ortho intramolecular Hbond substituents is 1. The molecule has 0 bridgehead atoms. The number of aryl methyl sites for hydroxylation is 1. The zero-order valence-electron chi connectivity index (χ0n) is 12.0. The normalized spacial score (nSPS) is 10.7. The third-order valence-corrected chi connectivity index (χ3v) is 3.17. The second-order valence-electron chi connectivity index (χ2n) is 4.72. The van der Waals surface area contributed by atoms with Crippen LogP contribution in [0.25, 0.3) is 6.08 Å². The Labute approximate surface area is 124 Å². The maximum absolute atomic E-state index is 11.8. The lowest BCUT2D eigenvalue weighted by Crippen LogP contribution is -1.96. The van der Waals surface area contributed by atoms with E-state index in [9.17, 15) is 9.90 Å². The van der Waals surface area contributed by atoms with Gasteiger partial charge in [-0.05, 0) is 35.8 Å². The summed E-state index contributed by atoms with van der Waals surface area (Å²) in [4.78, 5) is 11.8. The highest BCUT2D eigenvalue weighted by Crippen LogP contribution is 2.26. The fourth-order valence-electron chi connectivity index (χ4n) is 1.98. The van der Waals surface area contributed by atoms with E-state index in [0.29, 0.717) is 18.6 Å². The predicted molar refractivity (Wildman–Crippen MR) is 83.5 cm³/mol. The average molecular weight is 282 g/mol. The van der Waals surface area contributed by atoms with Gasteiger partial charge in [0.2, 0.25) is 0 Å². The Morgan fingerprint density at radius 2 is 1.95 bits per heavy atom. The number of ether oxygens (including phenoxy) is 1. The molecule has 0 fully saturated rings. The monoisotopic (exact) mass is 282 g/mol. The number of hydrogen-bond acceptors (Lipinski definition) is 3. The van der Waals surface area contributed by atoms with Crippen LogP contribution in [-0.2, 0) is 11.2 Å². The van der Waals surface area contributed by atoms with Crippen LogP contribution in [0.3, 0.4) is 0 Å². The molecule has 21 heavy (non-hydrogen) atoms. The van der Waals surface area contributed by atoms with Crippen LogP contribution in [0.2, 0.25) is 0 Å². The minimum Gasteiger partial charge on any atom is -0.504 e. The van der Waals surface area contributed by atoms with Crippen LogP contribution < -0.4 is 4.74 Å². The average Bonchev–Trinajstić information content (AvgIpc) is 2.53. The molecule has 0 saturated carbocycles. The maximum atomic E-state index is 11.8. The van der Waals surface area contributed by atoms with Gasteiger partial charge in [0.05, 0.1) is 7.11 Å². The fraction of sp³-hybridized carbons (Fsp3) is 0.167. The van der Waals surface area contributed by atoms with Crippen LogP contribution in [0.1, 0.15) is 17.5 Å². The molecule has 0 heterocycles. The van der Waals surface area contributed by atoms with Gasteiger partial charge in [-0.3, -0.25) is 4.79 Å². The smallest absolute Gasteiger partial charge is 0.160 e.